The summed E-state index contributed by atoms with van der Waals surface area (Å²) in [5, 5.41) is 0. The summed E-state index contributed by atoms with van der Waals surface area (Å²) >= 11 is 0. The number of hydrogen-bond donors (Lipinski definition) is 2. The van der Waals surface area contributed by atoms with E-state index in [1.165, 1.54) is 19.3 Å². The Hall–Kier alpha value is -0.500. The summed E-state index contributed by atoms with van der Waals surface area (Å²) < 4.78 is 0. The molecular formula is C8H18N2. The van der Waals surface area contributed by atoms with Crippen molar-refractivity contribution in [1.29, 1.82) is 0 Å². The van der Waals surface area contributed by atoms with Crippen molar-refractivity contribution in [2.75, 3.05) is 6.54 Å². The average molecular weight is 142 g/mol. The highest BCUT2D eigenvalue weighted by atomic mass is 14.6. The number of nitrogens with two attached hydrogens (primary N) is 2. The molecule has 4 N–H and O–H groups in total. The van der Waals surface area contributed by atoms with Gasteiger partial charge in [-0.2, -0.15) is 0 Å². The van der Waals surface area contributed by atoms with Gasteiger partial charge < -0.3 is 11.5 Å². The van der Waals surface area contributed by atoms with Crippen molar-refractivity contribution >= 4 is 0 Å². The molecule has 0 aromatic heterocycles. The number of hydrogen-bond acceptors (Lipinski definition) is 2. The van der Waals surface area contributed by atoms with Crippen molar-refractivity contribution < 1.29 is 0 Å². The van der Waals surface area contributed by atoms with Gasteiger partial charge in [-0.05, 0) is 12.8 Å². The molecule has 0 bridgehead atoms. The number of unbranched alkanes of at least 4 members (excludes halogenated alkanes) is 2. The molecule has 0 saturated carbocycles. The number of allylic oxidation sites excluding steroid dienone is 1. The first-order chi connectivity index (χ1) is 4.81. The average Bonchev–Trinajstić information content (AvgIpc) is 1.89. The fourth-order valence-electron chi connectivity index (χ4n) is 0.833. The fourth-order valence-corrected chi connectivity index (χ4v) is 0.833. The molecule has 0 heterocycles. The number of rotatable bonds is 5. The quantitative estimate of drug-likeness (QED) is 0.569. The molecule has 0 fully saturated rings. The smallest absolute Gasteiger partial charge is 0.0126 e. The molecular weight excluding hydrogens is 124 g/mol. The van der Waals surface area contributed by atoms with E-state index in [1.54, 1.807) is 0 Å². The van der Waals surface area contributed by atoms with Gasteiger partial charge in [0.05, 0.1) is 0 Å². The van der Waals surface area contributed by atoms with Gasteiger partial charge in [0.1, 0.15) is 0 Å². The van der Waals surface area contributed by atoms with Crippen molar-refractivity contribution in [2.24, 2.45) is 11.5 Å². The summed E-state index contributed by atoms with van der Waals surface area (Å²) in [7, 11) is 0. The first kappa shape index (κ1) is 9.50. The second-order valence-corrected chi connectivity index (χ2v) is 2.47. The Balaban J connectivity index is 3.21. The van der Waals surface area contributed by atoms with Crippen LogP contribution in [0.25, 0.3) is 0 Å². The fraction of sp³-hybridized carbons (Fsp3) is 0.750. The van der Waals surface area contributed by atoms with Crippen LogP contribution in [0.1, 0.15) is 32.6 Å². The lowest BCUT2D eigenvalue weighted by atomic mass is 10.1. The largest absolute Gasteiger partial charge is 0.402 e. The molecule has 0 rings (SSSR count). The van der Waals surface area contributed by atoms with Gasteiger partial charge in [-0.1, -0.05) is 25.8 Å². The Bertz CT molecular complexity index is 97.4. The van der Waals surface area contributed by atoms with Crippen molar-refractivity contribution in [1.82, 2.24) is 0 Å². The first-order valence-electron chi connectivity index (χ1n) is 3.95. The lowest BCUT2D eigenvalue weighted by Crippen LogP contribution is -2.02. The van der Waals surface area contributed by atoms with Crippen LogP contribution in [0.3, 0.4) is 0 Å². The minimum atomic E-state index is 0.567. The van der Waals surface area contributed by atoms with Crippen molar-refractivity contribution in [3.63, 3.8) is 0 Å². The van der Waals surface area contributed by atoms with Gasteiger partial charge in [-0.25, -0.2) is 0 Å². The van der Waals surface area contributed by atoms with E-state index in [0.717, 1.165) is 12.1 Å². The Morgan fingerprint density at radius 1 is 1.40 bits per heavy atom. The summed E-state index contributed by atoms with van der Waals surface area (Å²) in [5.74, 6) is 0. The zero-order chi connectivity index (χ0) is 7.82. The molecule has 0 aliphatic heterocycles. The van der Waals surface area contributed by atoms with E-state index < -0.39 is 0 Å². The molecule has 0 spiro atoms. The summed E-state index contributed by atoms with van der Waals surface area (Å²) in [6.45, 7) is 2.75. The van der Waals surface area contributed by atoms with Crippen LogP contribution < -0.4 is 11.5 Å². The Morgan fingerprint density at radius 2 is 2.10 bits per heavy atom. The predicted molar refractivity (Wildman–Crippen MR) is 45.5 cm³/mol. The molecule has 2 heteroatoms. The third-order valence-corrected chi connectivity index (χ3v) is 1.45. The predicted octanol–water partition coefficient (Wildman–Crippen LogP) is 1.37. The molecule has 0 amide bonds. The van der Waals surface area contributed by atoms with Crippen LogP contribution in [-0.4, -0.2) is 6.54 Å². The van der Waals surface area contributed by atoms with E-state index in [-0.39, 0.29) is 0 Å². The lowest BCUT2D eigenvalue weighted by molar-refractivity contribution is 0.708. The van der Waals surface area contributed by atoms with E-state index in [0.29, 0.717) is 6.54 Å². The highest BCUT2D eigenvalue weighted by Gasteiger charge is 1.88. The monoisotopic (exact) mass is 142 g/mol. The molecule has 0 saturated heterocycles. The SMILES string of the molecule is CCCCCC(N)=CCN. The minimum absolute atomic E-state index is 0.567. The zero-order valence-electron chi connectivity index (χ0n) is 6.77. The van der Waals surface area contributed by atoms with E-state index in [4.69, 9.17) is 11.5 Å². The molecule has 0 aromatic rings. The normalized spacial score (nSPS) is 12.0. The minimum Gasteiger partial charge on any atom is -0.402 e. The highest BCUT2D eigenvalue weighted by Crippen LogP contribution is 2.02. The van der Waals surface area contributed by atoms with Crippen LogP contribution in [0.2, 0.25) is 0 Å². The Kier molecular flexibility index (Phi) is 6.29. The summed E-state index contributed by atoms with van der Waals surface area (Å²) in [6.07, 6.45) is 6.59. The summed E-state index contributed by atoms with van der Waals surface area (Å²) in [4.78, 5) is 0. The van der Waals surface area contributed by atoms with E-state index in [1.807, 2.05) is 6.08 Å². The molecule has 10 heavy (non-hydrogen) atoms. The molecule has 60 valence electrons. The molecule has 0 aliphatic rings. The Labute approximate surface area is 63.3 Å². The van der Waals surface area contributed by atoms with Gasteiger partial charge in [-0.15, -0.1) is 0 Å². The van der Waals surface area contributed by atoms with Crippen LogP contribution in [-0.2, 0) is 0 Å². The van der Waals surface area contributed by atoms with E-state index in [2.05, 4.69) is 6.92 Å². The first-order valence-corrected chi connectivity index (χ1v) is 3.95. The molecule has 0 aliphatic carbocycles. The van der Waals surface area contributed by atoms with Gasteiger partial charge in [0, 0.05) is 12.2 Å². The van der Waals surface area contributed by atoms with E-state index in [9.17, 15) is 0 Å². The second-order valence-electron chi connectivity index (χ2n) is 2.47. The van der Waals surface area contributed by atoms with Gasteiger partial charge >= 0.3 is 0 Å². The van der Waals surface area contributed by atoms with Crippen molar-refractivity contribution in [2.45, 2.75) is 32.6 Å². The second kappa shape index (κ2) is 6.62. The third kappa shape index (κ3) is 5.63. The topological polar surface area (TPSA) is 52.0 Å². The molecule has 2 nitrogen and oxygen atoms in total. The van der Waals surface area contributed by atoms with Gasteiger partial charge in [0.25, 0.3) is 0 Å². The molecule has 0 radical (unpaired) electrons. The molecule has 0 aromatic carbocycles. The van der Waals surface area contributed by atoms with Gasteiger partial charge in [0.2, 0.25) is 0 Å². The maximum atomic E-state index is 5.61. The third-order valence-electron chi connectivity index (χ3n) is 1.45. The van der Waals surface area contributed by atoms with Crippen LogP contribution >= 0.6 is 0 Å². The van der Waals surface area contributed by atoms with Crippen molar-refractivity contribution in [3.8, 4) is 0 Å². The maximum Gasteiger partial charge on any atom is 0.0126 e. The van der Waals surface area contributed by atoms with Crippen molar-refractivity contribution in [3.05, 3.63) is 11.8 Å². The maximum absolute atomic E-state index is 5.61. The molecule has 0 unspecified atom stereocenters. The summed E-state index contributed by atoms with van der Waals surface area (Å²) in [6, 6.07) is 0. The van der Waals surface area contributed by atoms with Crippen LogP contribution in [0.5, 0.6) is 0 Å². The van der Waals surface area contributed by atoms with Crippen LogP contribution in [0.4, 0.5) is 0 Å². The standard InChI is InChI=1S/C8H18N2/c1-2-3-4-5-8(10)6-7-9/h6H,2-5,7,9-10H2,1H3. The van der Waals surface area contributed by atoms with Gasteiger partial charge in [-0.3, -0.25) is 0 Å². The lowest BCUT2D eigenvalue weighted by Gasteiger charge is -1.98. The van der Waals surface area contributed by atoms with Crippen LogP contribution in [0.15, 0.2) is 11.8 Å². The van der Waals surface area contributed by atoms with E-state index >= 15 is 0 Å². The zero-order valence-corrected chi connectivity index (χ0v) is 6.77. The van der Waals surface area contributed by atoms with Gasteiger partial charge in [0.15, 0.2) is 0 Å². The Morgan fingerprint density at radius 3 is 2.60 bits per heavy atom. The highest BCUT2D eigenvalue weighted by molar-refractivity contribution is 4.96. The van der Waals surface area contributed by atoms with Crippen LogP contribution in [0, 0.1) is 0 Å². The molecule has 0 atom stereocenters. The summed E-state index contributed by atoms with van der Waals surface area (Å²) in [5.41, 5.74) is 11.8.